The van der Waals surface area contributed by atoms with Crippen molar-refractivity contribution in [3.8, 4) is 5.69 Å². The van der Waals surface area contributed by atoms with Crippen LogP contribution >= 0.6 is 0 Å². The van der Waals surface area contributed by atoms with Crippen LogP contribution in [0.4, 0.5) is 0 Å². The van der Waals surface area contributed by atoms with Crippen LogP contribution in [0.1, 0.15) is 28.9 Å². The molecule has 0 saturated heterocycles. The summed E-state index contributed by atoms with van der Waals surface area (Å²) in [4.78, 5) is 16.6. The van der Waals surface area contributed by atoms with E-state index < -0.39 is 10.0 Å². The monoisotopic (exact) mass is 384 g/mol. The third-order valence-corrected chi connectivity index (χ3v) is 5.63. The van der Waals surface area contributed by atoms with Gasteiger partial charge in [-0.25, -0.2) is 18.1 Å². The van der Waals surface area contributed by atoms with Gasteiger partial charge >= 0.3 is 0 Å². The molecule has 0 saturated carbocycles. The molecule has 0 aliphatic heterocycles. The molecular formula is C19H20N4O3S. The molecule has 1 aromatic heterocycles. The van der Waals surface area contributed by atoms with E-state index in [-0.39, 0.29) is 22.4 Å². The summed E-state index contributed by atoms with van der Waals surface area (Å²) in [5, 5.41) is 2.89. The van der Waals surface area contributed by atoms with Crippen molar-refractivity contribution in [2.75, 3.05) is 7.05 Å². The zero-order valence-corrected chi connectivity index (χ0v) is 15.8. The van der Waals surface area contributed by atoms with Crippen LogP contribution in [0.3, 0.4) is 0 Å². The number of aromatic nitrogens is 2. The highest BCUT2D eigenvalue weighted by molar-refractivity contribution is 7.89. The summed E-state index contributed by atoms with van der Waals surface area (Å²) >= 11 is 0. The van der Waals surface area contributed by atoms with E-state index in [0.29, 0.717) is 0 Å². The molecule has 1 amide bonds. The highest BCUT2D eigenvalue weighted by Gasteiger charge is 2.16. The van der Waals surface area contributed by atoms with Gasteiger partial charge in [0.1, 0.15) is 0 Å². The molecule has 0 spiro atoms. The number of sulfonamides is 1. The van der Waals surface area contributed by atoms with Crippen LogP contribution in [0.5, 0.6) is 0 Å². The van der Waals surface area contributed by atoms with E-state index in [4.69, 9.17) is 0 Å². The van der Waals surface area contributed by atoms with Gasteiger partial charge in [0.15, 0.2) is 0 Å². The Morgan fingerprint density at radius 2 is 1.89 bits per heavy atom. The van der Waals surface area contributed by atoms with E-state index in [2.05, 4.69) is 15.0 Å². The van der Waals surface area contributed by atoms with E-state index in [1.165, 1.54) is 19.2 Å². The predicted octanol–water partition coefficient (Wildman–Crippen LogP) is 2.27. The number of benzene rings is 2. The smallest absolute Gasteiger partial charge is 0.251 e. The molecule has 3 aromatic rings. The van der Waals surface area contributed by atoms with Crippen LogP contribution in [0.15, 0.2) is 72.1 Å². The Kier molecular flexibility index (Phi) is 5.38. The molecule has 140 valence electrons. The molecule has 1 unspecified atom stereocenters. The second kappa shape index (κ2) is 7.73. The third-order valence-electron chi connectivity index (χ3n) is 4.22. The van der Waals surface area contributed by atoms with Crippen molar-refractivity contribution in [3.05, 3.63) is 78.4 Å². The summed E-state index contributed by atoms with van der Waals surface area (Å²) in [5.74, 6) is -0.339. The fourth-order valence-electron chi connectivity index (χ4n) is 2.63. The number of imidazole rings is 1. The Labute approximate surface area is 158 Å². The molecule has 0 radical (unpaired) electrons. The van der Waals surface area contributed by atoms with Crippen LogP contribution in [0, 0.1) is 0 Å². The predicted molar refractivity (Wildman–Crippen MR) is 102 cm³/mol. The summed E-state index contributed by atoms with van der Waals surface area (Å²) in [5.41, 5.74) is 2.19. The van der Waals surface area contributed by atoms with Gasteiger partial charge in [-0.3, -0.25) is 4.79 Å². The maximum absolute atomic E-state index is 12.5. The Balaban J connectivity index is 1.73. The summed E-state index contributed by atoms with van der Waals surface area (Å²) in [7, 11) is -2.27. The van der Waals surface area contributed by atoms with Crippen LogP contribution in [0.25, 0.3) is 5.69 Å². The normalized spacial score (nSPS) is 12.5. The molecule has 0 fully saturated rings. The van der Waals surface area contributed by atoms with Crippen LogP contribution in [-0.4, -0.2) is 30.9 Å². The van der Waals surface area contributed by atoms with Gasteiger partial charge in [-0.1, -0.05) is 18.2 Å². The highest BCUT2D eigenvalue weighted by atomic mass is 32.2. The van der Waals surface area contributed by atoms with E-state index in [1.807, 2.05) is 42.0 Å². The largest absolute Gasteiger partial charge is 0.346 e. The molecule has 2 aromatic carbocycles. The fourth-order valence-corrected chi connectivity index (χ4v) is 3.41. The summed E-state index contributed by atoms with van der Waals surface area (Å²) < 4.78 is 27.9. The maximum Gasteiger partial charge on any atom is 0.251 e. The van der Waals surface area contributed by atoms with Crippen LogP contribution in [-0.2, 0) is 10.0 Å². The van der Waals surface area contributed by atoms with E-state index >= 15 is 0 Å². The first kappa shape index (κ1) is 18.8. The van der Waals surface area contributed by atoms with Crippen molar-refractivity contribution in [1.29, 1.82) is 0 Å². The minimum Gasteiger partial charge on any atom is -0.346 e. The van der Waals surface area contributed by atoms with Gasteiger partial charge in [-0.2, -0.15) is 0 Å². The van der Waals surface area contributed by atoms with Crippen molar-refractivity contribution in [2.45, 2.75) is 17.9 Å². The molecule has 2 N–H and O–H groups in total. The second-order valence-electron chi connectivity index (χ2n) is 5.99. The van der Waals surface area contributed by atoms with Gasteiger partial charge in [0.25, 0.3) is 5.91 Å². The first-order valence-electron chi connectivity index (χ1n) is 8.33. The summed E-state index contributed by atoms with van der Waals surface area (Å²) in [6.07, 6.45) is 5.28. The van der Waals surface area contributed by atoms with Crippen LogP contribution < -0.4 is 10.0 Å². The first-order valence-corrected chi connectivity index (χ1v) is 9.82. The summed E-state index contributed by atoms with van der Waals surface area (Å²) in [6.45, 7) is 1.87. The van der Waals surface area contributed by atoms with Gasteiger partial charge in [-0.05, 0) is 49.9 Å². The molecule has 8 heteroatoms. The second-order valence-corrected chi connectivity index (χ2v) is 7.88. The third kappa shape index (κ3) is 4.24. The van der Waals surface area contributed by atoms with E-state index in [9.17, 15) is 13.2 Å². The van der Waals surface area contributed by atoms with Crippen molar-refractivity contribution in [3.63, 3.8) is 0 Å². The standard InChI is InChI=1S/C19H20N4O3S/c1-14(15-6-8-17(9-7-15)23-11-10-21-13-23)22-19(24)16-4-3-5-18(12-16)27(25,26)20-2/h3-14,20H,1-2H3,(H,22,24). The lowest BCUT2D eigenvalue weighted by Crippen LogP contribution is -2.27. The molecule has 27 heavy (non-hydrogen) atoms. The zero-order chi connectivity index (χ0) is 19.4. The highest BCUT2D eigenvalue weighted by Crippen LogP contribution is 2.17. The lowest BCUT2D eigenvalue weighted by atomic mass is 10.1. The number of carbonyl (C=O) groups is 1. The number of rotatable bonds is 6. The van der Waals surface area contributed by atoms with Crippen molar-refractivity contribution in [1.82, 2.24) is 19.6 Å². The van der Waals surface area contributed by atoms with Gasteiger partial charge in [0, 0.05) is 23.6 Å². The number of nitrogens with zero attached hydrogens (tertiary/aromatic N) is 2. The van der Waals surface area contributed by atoms with Crippen molar-refractivity contribution < 1.29 is 13.2 Å². The lowest BCUT2D eigenvalue weighted by molar-refractivity contribution is 0.0939. The molecule has 0 bridgehead atoms. The Morgan fingerprint density at radius 3 is 2.52 bits per heavy atom. The van der Waals surface area contributed by atoms with Gasteiger partial charge in [0.05, 0.1) is 17.3 Å². The molecular weight excluding hydrogens is 364 g/mol. The number of nitrogens with one attached hydrogen (secondary N) is 2. The number of carbonyl (C=O) groups excluding carboxylic acids is 1. The molecule has 1 heterocycles. The quantitative estimate of drug-likeness (QED) is 0.682. The Morgan fingerprint density at radius 1 is 1.15 bits per heavy atom. The average Bonchev–Trinajstić information content (AvgIpc) is 3.23. The van der Waals surface area contributed by atoms with E-state index in [1.54, 1.807) is 24.7 Å². The summed E-state index contributed by atoms with van der Waals surface area (Å²) in [6, 6.07) is 13.4. The van der Waals surface area contributed by atoms with Gasteiger partial charge < -0.3 is 9.88 Å². The van der Waals surface area contributed by atoms with Gasteiger partial charge in [0.2, 0.25) is 10.0 Å². The number of amides is 1. The SMILES string of the molecule is CNS(=O)(=O)c1cccc(C(=O)NC(C)c2ccc(-n3ccnc3)cc2)c1. The molecule has 0 aliphatic carbocycles. The number of hydrogen-bond donors (Lipinski definition) is 2. The zero-order valence-electron chi connectivity index (χ0n) is 15.0. The minimum atomic E-state index is -3.60. The molecule has 0 aliphatic rings. The first-order chi connectivity index (χ1) is 12.9. The van der Waals surface area contributed by atoms with Crippen LogP contribution in [0.2, 0.25) is 0 Å². The Hall–Kier alpha value is -2.97. The topological polar surface area (TPSA) is 93.1 Å². The van der Waals surface area contributed by atoms with Crippen molar-refractivity contribution >= 4 is 15.9 Å². The molecule has 7 nitrogen and oxygen atoms in total. The number of hydrogen-bond acceptors (Lipinski definition) is 4. The molecule has 3 rings (SSSR count). The maximum atomic E-state index is 12.5. The van der Waals surface area contributed by atoms with Gasteiger partial charge in [-0.15, -0.1) is 0 Å². The molecule has 1 atom stereocenters. The Bertz CT molecular complexity index is 1030. The van der Waals surface area contributed by atoms with E-state index in [0.717, 1.165) is 11.3 Å². The minimum absolute atomic E-state index is 0.0509. The fraction of sp³-hybridized carbons (Fsp3) is 0.158. The lowest BCUT2D eigenvalue weighted by Gasteiger charge is -2.15. The average molecular weight is 384 g/mol. The van der Waals surface area contributed by atoms with Crippen molar-refractivity contribution in [2.24, 2.45) is 0 Å².